The Morgan fingerprint density at radius 2 is 1.00 bits per heavy atom. The molecule has 0 aliphatic rings. The van der Waals surface area contributed by atoms with Crippen molar-refractivity contribution in [1.29, 1.82) is 0 Å². The van der Waals surface area contributed by atoms with Crippen LogP contribution in [0.4, 0.5) is 0 Å². The van der Waals surface area contributed by atoms with Crippen LogP contribution in [-0.2, 0) is 90.7 Å². The zero-order valence-corrected chi connectivity index (χ0v) is 40.9. The lowest BCUT2D eigenvalue weighted by Gasteiger charge is -2.32. The summed E-state index contributed by atoms with van der Waals surface area (Å²) in [6.45, 7) is 9.19. The van der Waals surface area contributed by atoms with E-state index in [2.05, 4.69) is 44.3 Å². The molecule has 17 heteroatoms. The summed E-state index contributed by atoms with van der Waals surface area (Å²) in [6, 6.07) is 20.6. The highest BCUT2D eigenvalue weighted by molar-refractivity contribution is 6.30. The number of benzene rings is 3. The Morgan fingerprint density at radius 1 is 0.500 bits per heavy atom. The maximum absolute atomic E-state index is 12.8. The highest BCUT2D eigenvalue weighted by Crippen LogP contribution is 2.31. The molecule has 0 saturated carbocycles. The molecule has 3 rings (SSSR count). The Hall–Kier alpha value is -6.85. The molecule has 0 fully saturated rings. The van der Waals surface area contributed by atoms with Gasteiger partial charge in [-0.15, -0.1) is 0 Å². The van der Waals surface area contributed by atoms with Crippen molar-refractivity contribution in [2.75, 3.05) is 73.7 Å². The van der Waals surface area contributed by atoms with Crippen LogP contribution in [0.25, 0.3) is 11.1 Å². The summed E-state index contributed by atoms with van der Waals surface area (Å²) in [4.78, 5) is 88.2. The molecule has 70 heavy (non-hydrogen) atoms. The molecule has 0 amide bonds. The van der Waals surface area contributed by atoms with Crippen LogP contribution < -0.4 is 9.47 Å². The molecule has 0 aliphatic carbocycles. The van der Waals surface area contributed by atoms with E-state index >= 15 is 0 Å². The molecule has 0 unspecified atom stereocenters. The van der Waals surface area contributed by atoms with Crippen molar-refractivity contribution in [3.05, 3.63) is 108 Å². The summed E-state index contributed by atoms with van der Waals surface area (Å²) in [5.41, 5.74) is 2.90. The molecule has 0 heterocycles. The Bertz CT molecular complexity index is 2170. The quantitative estimate of drug-likeness (QED) is 0.0158. The van der Waals surface area contributed by atoms with Crippen LogP contribution in [0, 0.1) is 5.41 Å². The summed E-state index contributed by atoms with van der Waals surface area (Å²) in [5, 5.41) is 0. The Balaban J connectivity index is 1.88. The number of ether oxygens (including phenoxy) is 10. The van der Waals surface area contributed by atoms with E-state index in [1.165, 1.54) is 52.9 Å². The van der Waals surface area contributed by atoms with Gasteiger partial charge < -0.3 is 47.4 Å². The number of methoxy groups -OCH3 is 2. The number of carbonyl (C=O) groups excluding carboxylic acids is 7. The first-order chi connectivity index (χ1) is 33.6. The summed E-state index contributed by atoms with van der Waals surface area (Å²) < 4.78 is 52.8. The molecule has 0 N–H and O–H groups in total. The van der Waals surface area contributed by atoms with Gasteiger partial charge in [-0.3, -0.25) is 4.79 Å². The van der Waals surface area contributed by atoms with Crippen molar-refractivity contribution < 1.29 is 80.9 Å². The molecule has 0 aromatic heterocycles. The molecule has 0 saturated heterocycles. The second-order valence-corrected chi connectivity index (χ2v) is 16.5. The Kier molecular flexibility index (Phi) is 25.7. The standard InChI is InChI=1S/C53H66O17/c1-8-9-10-11-13-39-15-17-40(18-16-39)19-26-46(54)70-44-23-20-41(21-24-44)42-22-25-45(43(32-42)14-12-27-63-47(55)37(2)3)66-33-53(34-67-48(56)38(4)5,35-68-51(59)49(57)64-30-28-61-6)36-69-52(60)50(58)65-31-29-62-7/h15-18,20-25,32H,2,4,8-14,19,26-31,33-36H2,1,3,5-7H3. The normalized spacial score (nSPS) is 10.9. The van der Waals surface area contributed by atoms with E-state index < -0.39 is 67.7 Å². The molecule has 17 nitrogen and oxygen atoms in total. The van der Waals surface area contributed by atoms with Crippen molar-refractivity contribution in [2.45, 2.75) is 78.6 Å². The molecular weight excluding hydrogens is 909 g/mol. The van der Waals surface area contributed by atoms with Gasteiger partial charge in [0.25, 0.3) is 0 Å². The third kappa shape index (κ3) is 21.2. The molecule has 0 bridgehead atoms. The average molecular weight is 975 g/mol. The van der Waals surface area contributed by atoms with Crippen LogP contribution in [-0.4, -0.2) is 115 Å². The van der Waals surface area contributed by atoms with Gasteiger partial charge in [-0.05, 0) is 98.0 Å². The van der Waals surface area contributed by atoms with Gasteiger partial charge in [0.05, 0.1) is 19.8 Å². The number of carbonyl (C=O) groups is 7. The number of rotatable bonds is 31. The molecule has 0 radical (unpaired) electrons. The molecule has 0 spiro atoms. The van der Waals surface area contributed by atoms with E-state index in [0.29, 0.717) is 30.6 Å². The van der Waals surface area contributed by atoms with Crippen LogP contribution in [0.2, 0.25) is 0 Å². The van der Waals surface area contributed by atoms with Crippen LogP contribution in [0.1, 0.15) is 76.0 Å². The molecule has 3 aromatic carbocycles. The largest absolute Gasteiger partial charge is 0.492 e. The fourth-order valence-electron chi connectivity index (χ4n) is 6.35. The SMILES string of the molecule is C=C(C)C(=O)OCCCc1cc(-c2ccc(OC(=O)CCc3ccc(CCCCCC)cc3)cc2)ccc1OCC(COC(=O)C(=C)C)(COC(=O)C(=O)OCCOC)COC(=O)C(=O)OCCOC. The molecular formula is C53H66O17. The average Bonchev–Trinajstić information content (AvgIpc) is 3.35. The summed E-state index contributed by atoms with van der Waals surface area (Å²) in [5.74, 6) is -6.72. The zero-order valence-electron chi connectivity index (χ0n) is 40.9. The first kappa shape index (κ1) is 57.5. The van der Waals surface area contributed by atoms with Gasteiger partial charge in [-0.1, -0.05) is 81.8 Å². The van der Waals surface area contributed by atoms with Crippen molar-refractivity contribution in [1.82, 2.24) is 0 Å². The Morgan fingerprint density at radius 3 is 1.54 bits per heavy atom. The number of hydrogen-bond donors (Lipinski definition) is 0. The third-order valence-corrected chi connectivity index (χ3v) is 10.4. The van der Waals surface area contributed by atoms with Crippen LogP contribution in [0.3, 0.4) is 0 Å². The molecule has 0 atom stereocenters. The molecule has 3 aromatic rings. The lowest BCUT2D eigenvalue weighted by molar-refractivity contribution is -0.179. The lowest BCUT2D eigenvalue weighted by Crippen LogP contribution is -2.45. The van der Waals surface area contributed by atoms with Gasteiger partial charge in [0.2, 0.25) is 0 Å². The van der Waals surface area contributed by atoms with Crippen molar-refractivity contribution in [3.8, 4) is 22.6 Å². The van der Waals surface area contributed by atoms with E-state index in [9.17, 15) is 33.6 Å². The Labute approximate surface area is 409 Å². The van der Waals surface area contributed by atoms with Crippen molar-refractivity contribution >= 4 is 41.8 Å². The minimum absolute atomic E-state index is 0.00213. The first-order valence-corrected chi connectivity index (χ1v) is 23.1. The fraction of sp³-hybridized carbons (Fsp3) is 0.453. The number of esters is 7. The number of hydrogen-bond acceptors (Lipinski definition) is 17. The first-order valence-electron chi connectivity index (χ1n) is 23.1. The smallest absolute Gasteiger partial charge is 0.417 e. The third-order valence-electron chi connectivity index (χ3n) is 10.4. The predicted octanol–water partition coefficient (Wildman–Crippen LogP) is 7.02. The van der Waals surface area contributed by atoms with Gasteiger partial charge in [0.1, 0.15) is 56.6 Å². The maximum atomic E-state index is 12.8. The summed E-state index contributed by atoms with van der Waals surface area (Å²) in [6.07, 6.45) is 7.23. The van der Waals surface area contributed by atoms with Crippen molar-refractivity contribution in [3.63, 3.8) is 0 Å². The molecule has 0 aliphatic heterocycles. The number of unbranched alkanes of at least 4 members (excludes halogenated alkanes) is 3. The van der Waals surface area contributed by atoms with Crippen LogP contribution in [0.15, 0.2) is 91.0 Å². The van der Waals surface area contributed by atoms with E-state index in [1.54, 1.807) is 36.4 Å². The number of aryl methyl sites for hydroxylation is 3. The maximum Gasteiger partial charge on any atom is 0.417 e. The fourth-order valence-corrected chi connectivity index (χ4v) is 6.35. The lowest BCUT2D eigenvalue weighted by atomic mass is 9.91. The van der Waals surface area contributed by atoms with Crippen LogP contribution >= 0.6 is 0 Å². The van der Waals surface area contributed by atoms with Gasteiger partial charge in [0, 0.05) is 31.8 Å². The van der Waals surface area contributed by atoms with Gasteiger partial charge in [-0.2, -0.15) is 0 Å². The second-order valence-electron chi connectivity index (χ2n) is 16.5. The van der Waals surface area contributed by atoms with Gasteiger partial charge in [-0.25, -0.2) is 28.8 Å². The van der Waals surface area contributed by atoms with Crippen LogP contribution in [0.5, 0.6) is 11.5 Å². The van der Waals surface area contributed by atoms with E-state index in [-0.39, 0.29) is 62.3 Å². The monoisotopic (exact) mass is 974 g/mol. The highest BCUT2D eigenvalue weighted by atomic mass is 16.6. The van der Waals surface area contributed by atoms with Gasteiger partial charge >= 0.3 is 41.8 Å². The minimum Gasteiger partial charge on any atom is -0.492 e. The van der Waals surface area contributed by atoms with E-state index in [4.69, 9.17) is 47.4 Å². The minimum atomic E-state index is -1.77. The zero-order chi connectivity index (χ0) is 51.3. The summed E-state index contributed by atoms with van der Waals surface area (Å²) >= 11 is 0. The van der Waals surface area contributed by atoms with Gasteiger partial charge in [0.15, 0.2) is 0 Å². The molecule has 380 valence electrons. The predicted molar refractivity (Wildman–Crippen MR) is 256 cm³/mol. The topological polar surface area (TPSA) is 212 Å². The highest BCUT2D eigenvalue weighted by Gasteiger charge is 2.39. The van der Waals surface area contributed by atoms with E-state index in [0.717, 1.165) is 29.5 Å². The van der Waals surface area contributed by atoms with Crippen molar-refractivity contribution in [2.24, 2.45) is 5.41 Å². The second kappa shape index (κ2) is 31.3. The summed E-state index contributed by atoms with van der Waals surface area (Å²) in [7, 11) is 2.74. The van der Waals surface area contributed by atoms with E-state index in [1.807, 2.05) is 6.07 Å².